The molecule has 3 aromatic carbocycles. The van der Waals surface area contributed by atoms with Crippen LogP contribution in [0.25, 0.3) is 11.1 Å². The lowest BCUT2D eigenvalue weighted by molar-refractivity contribution is 0.257. The van der Waals surface area contributed by atoms with Crippen molar-refractivity contribution >= 4 is 17.4 Å². The number of benzene rings is 3. The van der Waals surface area contributed by atoms with Crippen molar-refractivity contribution in [2.75, 3.05) is 16.8 Å². The van der Waals surface area contributed by atoms with Crippen LogP contribution < -0.4 is 10.2 Å². The minimum Gasteiger partial charge on any atom is -0.308 e. The molecule has 2 amide bonds. The molecule has 0 aliphatic heterocycles. The van der Waals surface area contributed by atoms with Gasteiger partial charge >= 0.3 is 6.03 Å². The van der Waals surface area contributed by atoms with Gasteiger partial charge in [-0.25, -0.2) is 4.79 Å². The van der Waals surface area contributed by atoms with Crippen molar-refractivity contribution in [1.29, 1.82) is 0 Å². The Morgan fingerprint density at radius 3 is 2.20 bits per heavy atom. The number of hydrogen-bond donors (Lipinski definition) is 1. The van der Waals surface area contributed by atoms with Gasteiger partial charge in [-0.1, -0.05) is 54.6 Å². The van der Waals surface area contributed by atoms with Crippen molar-refractivity contribution in [3.8, 4) is 11.1 Å². The average molecular weight is 330 g/mol. The summed E-state index contributed by atoms with van der Waals surface area (Å²) in [4.78, 5) is 14.4. The predicted octanol–water partition coefficient (Wildman–Crippen LogP) is 5.72. The second kappa shape index (κ2) is 7.67. The van der Waals surface area contributed by atoms with Gasteiger partial charge in [0.25, 0.3) is 0 Å². The fourth-order valence-electron chi connectivity index (χ4n) is 2.81. The number of rotatable bonds is 4. The third kappa shape index (κ3) is 4.07. The van der Waals surface area contributed by atoms with Crippen molar-refractivity contribution in [2.24, 2.45) is 0 Å². The minimum absolute atomic E-state index is 0.124. The third-order valence-electron chi connectivity index (χ3n) is 4.12. The quantitative estimate of drug-likeness (QED) is 0.652. The molecule has 126 valence electrons. The summed E-state index contributed by atoms with van der Waals surface area (Å²) in [6.07, 6.45) is 0. The first-order chi connectivity index (χ1) is 12.2. The molecule has 0 aliphatic rings. The first-order valence-electron chi connectivity index (χ1n) is 8.48. The van der Waals surface area contributed by atoms with Crippen LogP contribution in [-0.4, -0.2) is 12.6 Å². The second-order valence-corrected chi connectivity index (χ2v) is 5.96. The molecule has 0 fully saturated rings. The van der Waals surface area contributed by atoms with E-state index < -0.39 is 0 Å². The summed E-state index contributed by atoms with van der Waals surface area (Å²) in [6, 6.07) is 25.9. The Labute approximate surface area is 148 Å². The molecule has 3 aromatic rings. The first-order valence-corrected chi connectivity index (χ1v) is 8.48. The van der Waals surface area contributed by atoms with Gasteiger partial charge < -0.3 is 5.32 Å². The number of nitrogens with one attached hydrogen (secondary N) is 1. The molecule has 0 aromatic heterocycles. The fraction of sp³-hybridized carbons (Fsp3) is 0.136. The van der Waals surface area contributed by atoms with Crippen LogP contribution in [0.5, 0.6) is 0 Å². The SMILES string of the molecule is CCN(C(=O)Nc1ccc(-c2ccccc2)cc1)c1cccc(C)c1. The third-order valence-corrected chi connectivity index (χ3v) is 4.12. The Morgan fingerprint density at radius 2 is 1.56 bits per heavy atom. The van der Waals surface area contributed by atoms with E-state index in [0.717, 1.165) is 28.1 Å². The van der Waals surface area contributed by atoms with E-state index in [-0.39, 0.29) is 6.03 Å². The maximum absolute atomic E-state index is 12.6. The van der Waals surface area contributed by atoms with E-state index >= 15 is 0 Å². The monoisotopic (exact) mass is 330 g/mol. The number of carbonyl (C=O) groups is 1. The number of hydrogen-bond acceptors (Lipinski definition) is 1. The van der Waals surface area contributed by atoms with Gasteiger partial charge in [0.1, 0.15) is 0 Å². The standard InChI is InChI=1S/C22H22N2O/c1-3-24(21-11-7-8-17(2)16-21)22(25)23-20-14-12-19(13-15-20)18-9-5-4-6-10-18/h4-16H,3H2,1-2H3,(H,23,25). The van der Waals surface area contributed by atoms with Crippen LogP contribution in [-0.2, 0) is 0 Å². The van der Waals surface area contributed by atoms with Crippen LogP contribution in [0.3, 0.4) is 0 Å². The molecule has 0 saturated heterocycles. The van der Waals surface area contributed by atoms with Crippen molar-refractivity contribution in [2.45, 2.75) is 13.8 Å². The summed E-state index contributed by atoms with van der Waals surface area (Å²) >= 11 is 0. The van der Waals surface area contributed by atoms with Crippen molar-refractivity contribution in [3.05, 3.63) is 84.4 Å². The molecule has 0 aliphatic carbocycles. The molecule has 0 saturated carbocycles. The summed E-state index contributed by atoms with van der Waals surface area (Å²) in [7, 11) is 0. The van der Waals surface area contributed by atoms with Crippen LogP contribution in [0, 0.1) is 6.92 Å². The lowest BCUT2D eigenvalue weighted by Crippen LogP contribution is -2.34. The molecular formula is C22H22N2O. The van der Waals surface area contributed by atoms with E-state index in [2.05, 4.69) is 17.4 Å². The number of anilines is 2. The lowest BCUT2D eigenvalue weighted by Gasteiger charge is -2.22. The van der Waals surface area contributed by atoms with Gasteiger partial charge in [0.2, 0.25) is 0 Å². The summed E-state index contributed by atoms with van der Waals surface area (Å²) in [6.45, 7) is 4.61. The smallest absolute Gasteiger partial charge is 0.308 e. The molecule has 0 spiro atoms. The second-order valence-electron chi connectivity index (χ2n) is 5.96. The first kappa shape index (κ1) is 16.8. The van der Waals surface area contributed by atoms with Crippen molar-refractivity contribution in [1.82, 2.24) is 0 Å². The van der Waals surface area contributed by atoms with E-state index in [0.29, 0.717) is 6.54 Å². The molecule has 3 rings (SSSR count). The maximum atomic E-state index is 12.6. The lowest BCUT2D eigenvalue weighted by atomic mass is 10.1. The largest absolute Gasteiger partial charge is 0.326 e. The number of urea groups is 1. The summed E-state index contributed by atoms with van der Waals surface area (Å²) in [5.41, 5.74) is 5.12. The number of amides is 2. The Balaban J connectivity index is 1.74. The van der Waals surface area contributed by atoms with E-state index in [1.54, 1.807) is 4.90 Å². The highest BCUT2D eigenvalue weighted by Gasteiger charge is 2.14. The highest BCUT2D eigenvalue weighted by atomic mass is 16.2. The molecule has 3 nitrogen and oxygen atoms in total. The van der Waals surface area contributed by atoms with Crippen LogP contribution >= 0.6 is 0 Å². The highest BCUT2D eigenvalue weighted by molar-refractivity contribution is 6.01. The number of aryl methyl sites for hydroxylation is 1. The van der Waals surface area contributed by atoms with E-state index in [9.17, 15) is 4.79 Å². The van der Waals surface area contributed by atoms with Gasteiger partial charge in [-0.05, 0) is 54.8 Å². The number of nitrogens with zero attached hydrogens (tertiary/aromatic N) is 1. The zero-order valence-corrected chi connectivity index (χ0v) is 14.6. The molecule has 0 radical (unpaired) electrons. The molecule has 3 heteroatoms. The van der Waals surface area contributed by atoms with Crippen LogP contribution in [0.15, 0.2) is 78.9 Å². The normalized spacial score (nSPS) is 10.3. The van der Waals surface area contributed by atoms with E-state index in [1.165, 1.54) is 0 Å². The Hall–Kier alpha value is -3.07. The molecule has 0 heterocycles. The molecule has 25 heavy (non-hydrogen) atoms. The van der Waals surface area contributed by atoms with Gasteiger partial charge in [0.15, 0.2) is 0 Å². The Bertz CT molecular complexity index is 841. The van der Waals surface area contributed by atoms with Gasteiger partial charge in [-0.2, -0.15) is 0 Å². The van der Waals surface area contributed by atoms with Gasteiger partial charge in [0, 0.05) is 17.9 Å². The molecule has 0 atom stereocenters. The minimum atomic E-state index is -0.124. The highest BCUT2D eigenvalue weighted by Crippen LogP contribution is 2.22. The van der Waals surface area contributed by atoms with Crippen LogP contribution in [0.1, 0.15) is 12.5 Å². The fourth-order valence-corrected chi connectivity index (χ4v) is 2.81. The van der Waals surface area contributed by atoms with Gasteiger partial charge in [-0.15, -0.1) is 0 Å². The van der Waals surface area contributed by atoms with E-state index in [4.69, 9.17) is 0 Å². The van der Waals surface area contributed by atoms with Crippen molar-refractivity contribution < 1.29 is 4.79 Å². The van der Waals surface area contributed by atoms with Crippen LogP contribution in [0.2, 0.25) is 0 Å². The zero-order chi connectivity index (χ0) is 17.6. The predicted molar refractivity (Wildman–Crippen MR) is 105 cm³/mol. The van der Waals surface area contributed by atoms with Crippen LogP contribution in [0.4, 0.5) is 16.2 Å². The summed E-state index contributed by atoms with van der Waals surface area (Å²) in [5.74, 6) is 0. The average Bonchev–Trinajstić information content (AvgIpc) is 2.64. The Kier molecular flexibility index (Phi) is 5.14. The molecule has 0 unspecified atom stereocenters. The van der Waals surface area contributed by atoms with Gasteiger partial charge in [0.05, 0.1) is 0 Å². The Morgan fingerprint density at radius 1 is 0.880 bits per heavy atom. The number of carbonyl (C=O) groups excluding carboxylic acids is 1. The molecule has 0 bridgehead atoms. The molecular weight excluding hydrogens is 308 g/mol. The van der Waals surface area contributed by atoms with Gasteiger partial charge in [-0.3, -0.25) is 4.90 Å². The maximum Gasteiger partial charge on any atom is 0.326 e. The summed E-state index contributed by atoms with van der Waals surface area (Å²) < 4.78 is 0. The zero-order valence-electron chi connectivity index (χ0n) is 14.6. The topological polar surface area (TPSA) is 32.3 Å². The van der Waals surface area contributed by atoms with Crippen molar-refractivity contribution in [3.63, 3.8) is 0 Å². The molecule has 1 N–H and O–H groups in total. The van der Waals surface area contributed by atoms with E-state index in [1.807, 2.05) is 80.6 Å². The summed E-state index contributed by atoms with van der Waals surface area (Å²) in [5, 5.41) is 2.98.